The van der Waals surface area contributed by atoms with Gasteiger partial charge >= 0.3 is 0 Å². The van der Waals surface area contributed by atoms with E-state index in [0.717, 1.165) is 19.4 Å². The summed E-state index contributed by atoms with van der Waals surface area (Å²) in [6.07, 6.45) is 1.89. The summed E-state index contributed by atoms with van der Waals surface area (Å²) in [5.41, 5.74) is 1.32. The van der Waals surface area contributed by atoms with E-state index in [1.807, 2.05) is 0 Å². The van der Waals surface area contributed by atoms with E-state index in [9.17, 15) is 0 Å². The molecule has 2 rings (SSSR count). The molecule has 0 aliphatic rings. The van der Waals surface area contributed by atoms with Crippen molar-refractivity contribution in [1.82, 2.24) is 5.32 Å². The minimum atomic E-state index is 0.284. The molecule has 2 N–H and O–H groups in total. The van der Waals surface area contributed by atoms with Crippen LogP contribution in [0.5, 0.6) is 0 Å². The second kappa shape index (κ2) is 6.53. The molecule has 0 aliphatic heterocycles. The van der Waals surface area contributed by atoms with Crippen LogP contribution in [0.4, 0.5) is 0 Å². The van der Waals surface area contributed by atoms with Gasteiger partial charge in [-0.1, -0.05) is 36.4 Å². The van der Waals surface area contributed by atoms with Crippen molar-refractivity contribution in [1.29, 1.82) is 0 Å². The Bertz CT molecular complexity index is 495. The average molecular weight is 243 g/mol. The summed E-state index contributed by atoms with van der Waals surface area (Å²) in [7, 11) is 0. The monoisotopic (exact) mass is 243 g/mol. The molecule has 0 amide bonds. The molecule has 0 aromatic heterocycles. The Hall–Kier alpha value is -1.38. The van der Waals surface area contributed by atoms with Gasteiger partial charge in [-0.15, -0.1) is 0 Å². The largest absolute Gasteiger partial charge is 0.396 e. The molecule has 0 saturated carbocycles. The summed E-state index contributed by atoms with van der Waals surface area (Å²) >= 11 is 0. The summed E-state index contributed by atoms with van der Waals surface area (Å²) in [6.45, 7) is 3.42. The lowest BCUT2D eigenvalue weighted by molar-refractivity contribution is 0.283. The van der Waals surface area contributed by atoms with Crippen molar-refractivity contribution < 1.29 is 5.11 Å². The molecule has 0 heterocycles. The van der Waals surface area contributed by atoms with Crippen LogP contribution in [0.25, 0.3) is 10.8 Å². The highest BCUT2D eigenvalue weighted by Gasteiger charge is 2.04. The molecule has 0 spiro atoms. The molecular weight excluding hydrogens is 222 g/mol. The molecule has 2 heteroatoms. The van der Waals surface area contributed by atoms with E-state index in [1.165, 1.54) is 16.3 Å². The molecule has 1 unspecified atom stereocenters. The third-order valence-corrected chi connectivity index (χ3v) is 3.31. The Kier molecular flexibility index (Phi) is 4.73. The molecule has 1 atom stereocenters. The van der Waals surface area contributed by atoms with Gasteiger partial charge in [0, 0.05) is 12.6 Å². The number of hydrogen-bond donors (Lipinski definition) is 2. The van der Waals surface area contributed by atoms with Crippen LogP contribution in [0.15, 0.2) is 42.5 Å². The Balaban J connectivity index is 2.01. The molecule has 0 aliphatic carbocycles. The van der Waals surface area contributed by atoms with Crippen LogP contribution < -0.4 is 5.32 Å². The molecule has 2 nitrogen and oxygen atoms in total. The zero-order valence-electron chi connectivity index (χ0n) is 10.9. The smallest absolute Gasteiger partial charge is 0.0431 e. The minimum Gasteiger partial charge on any atom is -0.396 e. The Labute approximate surface area is 109 Å². The van der Waals surface area contributed by atoms with Crippen LogP contribution in [0.2, 0.25) is 0 Å². The van der Waals surface area contributed by atoms with Crippen molar-refractivity contribution in [2.75, 3.05) is 13.2 Å². The summed E-state index contributed by atoms with van der Waals surface area (Å²) in [6, 6.07) is 15.4. The Morgan fingerprint density at radius 1 is 1.06 bits per heavy atom. The first-order chi connectivity index (χ1) is 8.81. The maximum Gasteiger partial charge on any atom is 0.0431 e. The van der Waals surface area contributed by atoms with E-state index in [2.05, 4.69) is 54.7 Å². The third kappa shape index (κ3) is 3.31. The van der Waals surface area contributed by atoms with E-state index in [0.29, 0.717) is 6.04 Å². The van der Waals surface area contributed by atoms with E-state index in [1.54, 1.807) is 0 Å². The number of hydrogen-bond acceptors (Lipinski definition) is 2. The highest BCUT2D eigenvalue weighted by atomic mass is 16.2. The minimum absolute atomic E-state index is 0.284. The maximum absolute atomic E-state index is 8.74. The van der Waals surface area contributed by atoms with Crippen LogP contribution in [0.3, 0.4) is 0 Å². The predicted octanol–water partition coefficient (Wildman–Crippen LogP) is 3.26. The van der Waals surface area contributed by atoms with Gasteiger partial charge in [0.15, 0.2) is 0 Å². The van der Waals surface area contributed by atoms with Gasteiger partial charge in [-0.2, -0.15) is 0 Å². The Morgan fingerprint density at radius 2 is 1.83 bits per heavy atom. The van der Waals surface area contributed by atoms with Gasteiger partial charge in [0.25, 0.3) is 0 Å². The summed E-state index contributed by atoms with van der Waals surface area (Å²) in [4.78, 5) is 0. The fourth-order valence-corrected chi connectivity index (χ4v) is 2.15. The summed E-state index contributed by atoms with van der Waals surface area (Å²) < 4.78 is 0. The number of aliphatic hydroxyl groups is 1. The van der Waals surface area contributed by atoms with Gasteiger partial charge in [-0.25, -0.2) is 0 Å². The van der Waals surface area contributed by atoms with Gasteiger partial charge in [0.2, 0.25) is 0 Å². The van der Waals surface area contributed by atoms with Crippen molar-refractivity contribution in [2.24, 2.45) is 0 Å². The van der Waals surface area contributed by atoms with Crippen molar-refractivity contribution in [3.05, 3.63) is 48.0 Å². The van der Waals surface area contributed by atoms with E-state index < -0.39 is 0 Å². The van der Waals surface area contributed by atoms with Gasteiger partial charge in [-0.3, -0.25) is 0 Å². The topological polar surface area (TPSA) is 32.3 Å². The third-order valence-electron chi connectivity index (χ3n) is 3.31. The average Bonchev–Trinajstić information content (AvgIpc) is 2.43. The van der Waals surface area contributed by atoms with Gasteiger partial charge in [0.05, 0.1) is 0 Å². The van der Waals surface area contributed by atoms with Crippen LogP contribution in [0, 0.1) is 0 Å². The van der Waals surface area contributed by atoms with Gasteiger partial charge in [0.1, 0.15) is 0 Å². The molecule has 0 bridgehead atoms. The number of benzene rings is 2. The number of fused-ring (bicyclic) bond motifs is 1. The summed E-state index contributed by atoms with van der Waals surface area (Å²) in [5.74, 6) is 0. The zero-order chi connectivity index (χ0) is 12.8. The fourth-order valence-electron chi connectivity index (χ4n) is 2.15. The van der Waals surface area contributed by atoms with Crippen molar-refractivity contribution >= 4 is 10.8 Å². The van der Waals surface area contributed by atoms with Crippen LogP contribution in [-0.2, 0) is 0 Å². The normalized spacial score (nSPS) is 12.8. The first-order valence-electron chi connectivity index (χ1n) is 6.64. The molecular formula is C16H21NO. The second-order valence-corrected chi connectivity index (χ2v) is 4.71. The van der Waals surface area contributed by atoms with Gasteiger partial charge in [-0.05, 0) is 48.7 Å². The summed E-state index contributed by atoms with van der Waals surface area (Å²) in [5, 5.41) is 14.8. The quantitative estimate of drug-likeness (QED) is 0.763. The van der Waals surface area contributed by atoms with Crippen molar-refractivity contribution in [2.45, 2.75) is 25.8 Å². The first kappa shape index (κ1) is 13.1. The van der Waals surface area contributed by atoms with Crippen molar-refractivity contribution in [3.63, 3.8) is 0 Å². The van der Waals surface area contributed by atoms with E-state index >= 15 is 0 Å². The van der Waals surface area contributed by atoms with Crippen LogP contribution in [-0.4, -0.2) is 18.3 Å². The zero-order valence-corrected chi connectivity index (χ0v) is 10.9. The van der Waals surface area contributed by atoms with Crippen molar-refractivity contribution in [3.8, 4) is 0 Å². The van der Waals surface area contributed by atoms with E-state index in [4.69, 9.17) is 5.11 Å². The van der Waals surface area contributed by atoms with Crippen LogP contribution >= 0.6 is 0 Å². The highest BCUT2D eigenvalue weighted by Crippen LogP contribution is 2.20. The number of nitrogens with one attached hydrogen (secondary N) is 1. The highest BCUT2D eigenvalue weighted by molar-refractivity contribution is 5.83. The lowest BCUT2D eigenvalue weighted by Gasteiger charge is -2.14. The van der Waals surface area contributed by atoms with Crippen LogP contribution in [0.1, 0.15) is 31.4 Å². The first-order valence-corrected chi connectivity index (χ1v) is 6.64. The molecule has 96 valence electrons. The predicted molar refractivity (Wildman–Crippen MR) is 76.7 cm³/mol. The molecule has 18 heavy (non-hydrogen) atoms. The SMILES string of the molecule is CC(NCCCCO)c1ccc2ccccc2c1. The van der Waals surface area contributed by atoms with Gasteiger partial charge < -0.3 is 10.4 Å². The Morgan fingerprint density at radius 3 is 2.61 bits per heavy atom. The number of unbranched alkanes of at least 4 members (excludes halogenated alkanes) is 1. The van der Waals surface area contributed by atoms with E-state index in [-0.39, 0.29) is 6.61 Å². The molecule has 0 saturated heterocycles. The fraction of sp³-hybridized carbons (Fsp3) is 0.375. The lowest BCUT2D eigenvalue weighted by Crippen LogP contribution is -2.20. The number of rotatable bonds is 6. The molecule has 2 aromatic rings. The standard InChI is InChI=1S/C16H21NO/c1-13(17-10-4-5-11-18)15-9-8-14-6-2-3-7-16(14)12-15/h2-3,6-9,12-13,17-18H,4-5,10-11H2,1H3. The molecule has 0 radical (unpaired) electrons. The number of aliphatic hydroxyl groups excluding tert-OH is 1. The molecule has 2 aromatic carbocycles. The lowest BCUT2D eigenvalue weighted by atomic mass is 10.0. The molecule has 0 fully saturated rings. The second-order valence-electron chi connectivity index (χ2n) is 4.71. The maximum atomic E-state index is 8.74.